The molecule has 5 N–H and O–H groups in total. The van der Waals surface area contributed by atoms with E-state index in [0.717, 1.165) is 79.4 Å². The van der Waals surface area contributed by atoms with Crippen LogP contribution in [0.15, 0.2) is 48.5 Å². The van der Waals surface area contributed by atoms with Crippen LogP contribution in [-0.2, 0) is 28.8 Å². The summed E-state index contributed by atoms with van der Waals surface area (Å²) in [5.41, 5.74) is 3.87. The van der Waals surface area contributed by atoms with E-state index in [4.69, 9.17) is 4.98 Å². The van der Waals surface area contributed by atoms with Gasteiger partial charge in [-0.25, -0.2) is 4.98 Å². The first-order valence-corrected chi connectivity index (χ1v) is 24.1. The lowest BCUT2D eigenvalue weighted by Gasteiger charge is -2.39. The van der Waals surface area contributed by atoms with Gasteiger partial charge in [0.05, 0.1) is 29.2 Å². The third-order valence-corrected chi connectivity index (χ3v) is 13.6. The largest absolute Gasteiger partial charge is 0.341 e. The number of carbonyl (C=O) groups is 6. The van der Waals surface area contributed by atoms with E-state index in [1.807, 2.05) is 42.2 Å². The van der Waals surface area contributed by atoms with Crippen molar-refractivity contribution in [1.82, 2.24) is 50.8 Å². The molecule has 0 spiro atoms. The fourth-order valence-corrected chi connectivity index (χ4v) is 9.45. The van der Waals surface area contributed by atoms with Crippen LogP contribution in [0.2, 0.25) is 0 Å². The molecule has 5 unspecified atom stereocenters. The van der Waals surface area contributed by atoms with Gasteiger partial charge in [0, 0.05) is 63.7 Å². The molecule has 0 bridgehead atoms. The lowest BCUT2D eigenvalue weighted by molar-refractivity contribution is -0.144. The number of hydrogen-bond acceptors (Lipinski definition) is 9. The number of hydrogen-bond donors (Lipinski definition) is 5. The lowest BCUT2D eigenvalue weighted by atomic mass is 10.0. The predicted molar refractivity (Wildman–Crippen MR) is 251 cm³/mol. The molecular weight excluding hydrogens is 825 g/mol. The van der Waals surface area contributed by atoms with Crippen molar-refractivity contribution >= 4 is 46.5 Å². The van der Waals surface area contributed by atoms with Crippen LogP contribution in [0.1, 0.15) is 116 Å². The normalized spacial score (nSPS) is 20.2. The summed E-state index contributed by atoms with van der Waals surface area (Å²) in [7, 11) is 3.39. The van der Waals surface area contributed by atoms with Gasteiger partial charge in [-0.15, -0.1) is 0 Å². The van der Waals surface area contributed by atoms with Crippen LogP contribution >= 0.6 is 0 Å². The maximum Gasteiger partial charge on any atom is 0.247 e. The van der Waals surface area contributed by atoms with Gasteiger partial charge in [0.2, 0.25) is 35.4 Å². The predicted octanol–water partition coefficient (Wildman–Crippen LogP) is 4.27. The first kappa shape index (κ1) is 49.1. The Bertz CT molecular complexity index is 2090. The number of fused-ring (bicyclic) bond motifs is 2. The molecule has 354 valence electrons. The molecule has 6 amide bonds. The van der Waals surface area contributed by atoms with Gasteiger partial charge in [0.1, 0.15) is 17.9 Å². The maximum absolute atomic E-state index is 14.6. The molecule has 6 atom stereocenters. The van der Waals surface area contributed by atoms with Gasteiger partial charge >= 0.3 is 0 Å². The van der Waals surface area contributed by atoms with Gasteiger partial charge < -0.3 is 45.9 Å². The first-order valence-electron chi connectivity index (χ1n) is 24.1. The summed E-state index contributed by atoms with van der Waals surface area (Å²) in [4.78, 5) is 96.8. The molecule has 6 rings (SSSR count). The Balaban J connectivity index is 0.988. The Morgan fingerprint density at radius 2 is 1.48 bits per heavy atom. The summed E-state index contributed by atoms with van der Waals surface area (Å²) in [6.07, 6.45) is 9.73. The summed E-state index contributed by atoms with van der Waals surface area (Å²) in [5, 5.41) is 11.7. The van der Waals surface area contributed by atoms with Crippen LogP contribution < -0.4 is 21.3 Å². The van der Waals surface area contributed by atoms with E-state index in [2.05, 4.69) is 44.5 Å². The second-order valence-corrected chi connectivity index (χ2v) is 18.0. The number of benzene rings is 2. The molecule has 0 saturated carbocycles. The zero-order valence-electron chi connectivity index (χ0n) is 39.2. The van der Waals surface area contributed by atoms with Crippen LogP contribution in [-0.4, -0.2) is 149 Å². The molecule has 16 heteroatoms. The van der Waals surface area contributed by atoms with Gasteiger partial charge in [0.15, 0.2) is 0 Å². The molecule has 1 aromatic heterocycles. The highest BCUT2D eigenvalue weighted by atomic mass is 16.2. The van der Waals surface area contributed by atoms with Crippen molar-refractivity contribution in [2.45, 2.75) is 140 Å². The van der Waals surface area contributed by atoms with Crippen LogP contribution in [0.3, 0.4) is 0 Å². The summed E-state index contributed by atoms with van der Waals surface area (Å²) in [6.45, 7) is 7.89. The van der Waals surface area contributed by atoms with Gasteiger partial charge in [-0.1, -0.05) is 68.1 Å². The maximum atomic E-state index is 14.6. The number of para-hydroxylation sites is 1. The van der Waals surface area contributed by atoms with Crippen LogP contribution in [0.25, 0.3) is 22.2 Å². The Hall–Kier alpha value is -5.35. The monoisotopic (exact) mass is 897 g/mol. The molecule has 3 saturated heterocycles. The molecular formula is C49H72N10O6. The van der Waals surface area contributed by atoms with Crippen molar-refractivity contribution < 1.29 is 28.8 Å². The quantitative estimate of drug-likeness (QED) is 0.0973. The number of unbranched alkanes of at least 4 members (excludes halogenated alkanes) is 5. The van der Waals surface area contributed by atoms with Gasteiger partial charge in [-0.2, -0.15) is 0 Å². The van der Waals surface area contributed by atoms with E-state index in [-0.39, 0.29) is 60.6 Å². The molecule has 4 heterocycles. The van der Waals surface area contributed by atoms with Crippen LogP contribution in [0, 0.1) is 0 Å². The third kappa shape index (κ3) is 12.5. The van der Waals surface area contributed by atoms with E-state index in [0.29, 0.717) is 58.3 Å². The molecule has 3 aliphatic heterocycles. The minimum absolute atomic E-state index is 0.0178. The number of rotatable bonds is 21. The standard InChI is InChI=1S/C49H72N10O6/c1-6-56(31-39(53-46(62)33(2)50-4)48(64)57-28-16-17-29-57)42(60)23-14-9-7-8-10-15-24-43(61)58-30-27-36-25-26-41(59(36)49(65)40(32-58)54-47(63)34(3)51-5)45-52-38-22-18-21-37(44(38)55-45)35-19-12-11-13-20-35/h11-13,18-22,33-34,36,39-41,50-51H,6-10,14-17,23-32H2,1-5H3,(H,52,55)(H,53,62)(H,54,63)/t33?,34?,36?,39-,40?,41?/m0/s1. The molecule has 3 fully saturated rings. The number of imidazole rings is 1. The number of H-pyrrole nitrogens is 1. The molecule has 0 aliphatic carbocycles. The van der Waals surface area contributed by atoms with Crippen molar-refractivity contribution in [1.29, 1.82) is 0 Å². The Labute approximate surface area is 384 Å². The van der Waals surface area contributed by atoms with Crippen molar-refractivity contribution in [3.05, 3.63) is 54.4 Å². The number of carbonyl (C=O) groups excluding carboxylic acids is 6. The lowest BCUT2D eigenvalue weighted by Crippen LogP contribution is -2.60. The van der Waals surface area contributed by atoms with Crippen molar-refractivity contribution in [2.24, 2.45) is 0 Å². The van der Waals surface area contributed by atoms with Gasteiger partial charge in [-0.3, -0.25) is 28.8 Å². The van der Waals surface area contributed by atoms with Crippen molar-refractivity contribution in [3.63, 3.8) is 0 Å². The minimum atomic E-state index is -0.904. The number of nitrogens with one attached hydrogen (secondary N) is 5. The summed E-state index contributed by atoms with van der Waals surface area (Å²) in [6, 6.07) is 13.1. The SMILES string of the molecule is CCN(C[C@H](NC(=O)C(C)NC)C(=O)N1CCCC1)C(=O)CCCCCCCCC(=O)N1CCC2CCC(c3nc4cccc(-c5ccccc5)c4[nH]3)N2C(=O)C(NC(=O)C(C)NC)C1. The molecule has 16 nitrogen and oxygen atoms in total. The van der Waals surface area contributed by atoms with Gasteiger partial charge in [-0.05, 0) is 91.4 Å². The van der Waals surface area contributed by atoms with E-state index in [9.17, 15) is 28.8 Å². The van der Waals surface area contributed by atoms with Crippen LogP contribution in [0.5, 0.6) is 0 Å². The fraction of sp³-hybridized carbons (Fsp3) is 0.612. The number of likely N-dealkylation sites (tertiary alicyclic amines) is 1. The highest BCUT2D eigenvalue weighted by Gasteiger charge is 2.44. The Morgan fingerprint density at radius 3 is 2.17 bits per heavy atom. The molecule has 3 aromatic rings. The molecule has 65 heavy (non-hydrogen) atoms. The number of likely N-dealkylation sites (N-methyl/N-ethyl adjacent to an activating group) is 3. The second kappa shape index (κ2) is 23.7. The van der Waals surface area contributed by atoms with E-state index >= 15 is 0 Å². The van der Waals surface area contributed by atoms with E-state index in [1.54, 1.807) is 42.6 Å². The molecule has 3 aliphatic rings. The number of amides is 6. The fourth-order valence-electron chi connectivity index (χ4n) is 9.45. The van der Waals surface area contributed by atoms with E-state index in [1.165, 1.54) is 0 Å². The molecule has 2 aromatic carbocycles. The number of nitrogens with zero attached hydrogens (tertiary/aromatic N) is 5. The third-order valence-electron chi connectivity index (χ3n) is 13.6. The zero-order valence-corrected chi connectivity index (χ0v) is 39.2. The zero-order chi connectivity index (χ0) is 46.5. The highest BCUT2D eigenvalue weighted by Crippen LogP contribution is 2.39. The summed E-state index contributed by atoms with van der Waals surface area (Å²) >= 11 is 0. The number of aromatic amines is 1. The van der Waals surface area contributed by atoms with Crippen molar-refractivity contribution in [2.75, 3.05) is 53.4 Å². The highest BCUT2D eigenvalue weighted by molar-refractivity contribution is 5.93. The summed E-state index contributed by atoms with van der Waals surface area (Å²) in [5.74, 6) is -0.224. The minimum Gasteiger partial charge on any atom is -0.341 e. The average molecular weight is 897 g/mol. The summed E-state index contributed by atoms with van der Waals surface area (Å²) < 4.78 is 0. The Morgan fingerprint density at radius 1 is 0.800 bits per heavy atom. The molecule has 0 radical (unpaired) electrons. The second-order valence-electron chi connectivity index (χ2n) is 18.0. The smallest absolute Gasteiger partial charge is 0.247 e. The van der Waals surface area contributed by atoms with E-state index < -0.39 is 24.2 Å². The first-order chi connectivity index (χ1) is 31.4. The number of aromatic nitrogens is 2. The average Bonchev–Trinajstić information content (AvgIpc) is 4.11. The van der Waals surface area contributed by atoms with Crippen molar-refractivity contribution in [3.8, 4) is 11.1 Å². The van der Waals surface area contributed by atoms with Gasteiger partial charge in [0.25, 0.3) is 0 Å². The Kier molecular flexibility index (Phi) is 17.9. The topological polar surface area (TPSA) is 192 Å². The van der Waals surface area contributed by atoms with Crippen LogP contribution in [0.4, 0.5) is 0 Å².